The summed E-state index contributed by atoms with van der Waals surface area (Å²) in [7, 11) is 3.35. The molecule has 0 aliphatic rings. The number of ether oxygens (including phenoxy) is 1. The normalized spacial score (nSPS) is 10.7. The van der Waals surface area contributed by atoms with Gasteiger partial charge in [-0.3, -0.25) is 4.79 Å². The van der Waals surface area contributed by atoms with E-state index in [-0.39, 0.29) is 12.5 Å². The third kappa shape index (κ3) is 5.36. The van der Waals surface area contributed by atoms with Gasteiger partial charge in [0.1, 0.15) is 5.75 Å². The number of carbonyl (C=O) groups is 1. The van der Waals surface area contributed by atoms with E-state index in [0.717, 1.165) is 17.1 Å². The summed E-state index contributed by atoms with van der Waals surface area (Å²) in [6.45, 7) is 2.34. The lowest BCUT2D eigenvalue weighted by Crippen LogP contribution is -2.26. The van der Waals surface area contributed by atoms with Gasteiger partial charge >= 0.3 is 0 Å². The quantitative estimate of drug-likeness (QED) is 0.531. The molecule has 0 fully saturated rings. The van der Waals surface area contributed by atoms with Gasteiger partial charge < -0.3 is 14.2 Å². The predicted molar refractivity (Wildman–Crippen MR) is 109 cm³/mol. The first-order valence-corrected chi connectivity index (χ1v) is 9.94. The number of aromatic nitrogens is 2. The molecule has 0 aliphatic heterocycles. The van der Waals surface area contributed by atoms with Crippen molar-refractivity contribution in [3.05, 3.63) is 60.0 Å². The molecule has 6 nitrogen and oxygen atoms in total. The number of hydrogen-bond acceptors (Lipinski definition) is 6. The fraction of sp³-hybridized carbons (Fsp3) is 0.286. The number of aryl methyl sites for hydroxylation is 1. The molecule has 1 amide bonds. The zero-order valence-corrected chi connectivity index (χ0v) is 17.0. The van der Waals surface area contributed by atoms with Crippen LogP contribution in [0.25, 0.3) is 11.4 Å². The van der Waals surface area contributed by atoms with E-state index in [1.807, 2.05) is 24.3 Å². The fourth-order valence-corrected chi connectivity index (χ4v) is 3.41. The minimum Gasteiger partial charge on any atom is -0.497 e. The van der Waals surface area contributed by atoms with Crippen LogP contribution in [0.5, 0.6) is 5.75 Å². The van der Waals surface area contributed by atoms with Crippen LogP contribution in [0, 0.1) is 6.92 Å². The Morgan fingerprint density at radius 3 is 2.75 bits per heavy atom. The minimum atomic E-state index is 0.0424. The van der Waals surface area contributed by atoms with Crippen LogP contribution in [0.15, 0.2) is 57.9 Å². The second-order valence-corrected chi connectivity index (χ2v) is 7.57. The number of benzene rings is 2. The maximum absolute atomic E-state index is 12.4. The Hall–Kier alpha value is -2.80. The van der Waals surface area contributed by atoms with Crippen molar-refractivity contribution in [2.45, 2.75) is 24.8 Å². The van der Waals surface area contributed by atoms with Crippen molar-refractivity contribution in [2.24, 2.45) is 0 Å². The monoisotopic (exact) mass is 397 g/mol. The summed E-state index contributed by atoms with van der Waals surface area (Å²) in [5, 5.41) is 4.00. The second kappa shape index (κ2) is 9.41. The van der Waals surface area contributed by atoms with E-state index in [0.29, 0.717) is 18.1 Å². The number of rotatable bonds is 8. The van der Waals surface area contributed by atoms with Crippen molar-refractivity contribution in [3.63, 3.8) is 0 Å². The highest BCUT2D eigenvalue weighted by molar-refractivity contribution is 7.99. The molecule has 0 N–H and O–H groups in total. The Morgan fingerprint density at radius 2 is 2.00 bits per heavy atom. The number of thioether (sulfide) groups is 1. The van der Waals surface area contributed by atoms with E-state index in [2.05, 4.69) is 41.3 Å². The average Bonchev–Trinajstić information content (AvgIpc) is 3.18. The van der Waals surface area contributed by atoms with Gasteiger partial charge in [-0.2, -0.15) is 4.98 Å². The molecule has 0 spiro atoms. The Kier molecular flexibility index (Phi) is 6.71. The number of methoxy groups -OCH3 is 1. The van der Waals surface area contributed by atoms with Crippen LogP contribution >= 0.6 is 11.8 Å². The smallest absolute Gasteiger partial charge is 0.246 e. The second-order valence-electron chi connectivity index (χ2n) is 6.40. The SMILES string of the molecule is COc1cccc(-c2noc(CN(C)C(=O)CCSc3ccc(C)cc3)n2)c1. The molecule has 3 aromatic rings. The molecule has 0 unspecified atom stereocenters. The average molecular weight is 398 g/mol. The highest BCUT2D eigenvalue weighted by atomic mass is 32.2. The number of carbonyl (C=O) groups excluding carboxylic acids is 1. The van der Waals surface area contributed by atoms with E-state index < -0.39 is 0 Å². The lowest BCUT2D eigenvalue weighted by atomic mass is 10.2. The third-order valence-corrected chi connectivity index (χ3v) is 5.21. The van der Waals surface area contributed by atoms with Crippen LogP contribution < -0.4 is 4.74 Å². The molecule has 0 aliphatic carbocycles. The summed E-state index contributed by atoms with van der Waals surface area (Å²) in [6, 6.07) is 15.7. The van der Waals surface area contributed by atoms with Crippen LogP contribution in [0.2, 0.25) is 0 Å². The van der Waals surface area contributed by atoms with Crippen molar-refractivity contribution in [3.8, 4) is 17.1 Å². The molecule has 3 rings (SSSR count). The molecule has 28 heavy (non-hydrogen) atoms. The van der Waals surface area contributed by atoms with Crippen molar-refractivity contribution in [2.75, 3.05) is 19.9 Å². The molecule has 1 aromatic heterocycles. The summed E-state index contributed by atoms with van der Waals surface area (Å²) in [6.07, 6.45) is 0.450. The lowest BCUT2D eigenvalue weighted by Gasteiger charge is -2.14. The lowest BCUT2D eigenvalue weighted by molar-refractivity contribution is -0.130. The van der Waals surface area contributed by atoms with Gasteiger partial charge in [0, 0.05) is 29.7 Å². The summed E-state index contributed by atoms with van der Waals surface area (Å²) in [4.78, 5) is 19.5. The summed E-state index contributed by atoms with van der Waals surface area (Å²) >= 11 is 1.68. The molecule has 0 saturated heterocycles. The van der Waals surface area contributed by atoms with Gasteiger partial charge in [0.2, 0.25) is 17.6 Å². The van der Waals surface area contributed by atoms with Gasteiger partial charge in [-0.1, -0.05) is 35.0 Å². The minimum absolute atomic E-state index is 0.0424. The molecule has 1 heterocycles. The van der Waals surface area contributed by atoms with Gasteiger partial charge in [-0.15, -0.1) is 11.8 Å². The van der Waals surface area contributed by atoms with Gasteiger partial charge in [0.15, 0.2) is 0 Å². The maximum Gasteiger partial charge on any atom is 0.246 e. The van der Waals surface area contributed by atoms with Crippen molar-refractivity contribution < 1.29 is 14.1 Å². The van der Waals surface area contributed by atoms with E-state index in [4.69, 9.17) is 9.26 Å². The highest BCUT2D eigenvalue weighted by Crippen LogP contribution is 2.22. The summed E-state index contributed by atoms with van der Waals surface area (Å²) in [5.74, 6) is 2.37. The zero-order chi connectivity index (χ0) is 19.9. The van der Waals surface area contributed by atoms with E-state index in [1.165, 1.54) is 10.5 Å². The van der Waals surface area contributed by atoms with Gasteiger partial charge in [0.25, 0.3) is 0 Å². The van der Waals surface area contributed by atoms with E-state index in [1.54, 1.807) is 30.8 Å². The van der Waals surface area contributed by atoms with E-state index >= 15 is 0 Å². The molecule has 0 saturated carbocycles. The largest absolute Gasteiger partial charge is 0.497 e. The molecule has 0 atom stereocenters. The number of hydrogen-bond donors (Lipinski definition) is 0. The van der Waals surface area contributed by atoms with Crippen LogP contribution in [0.1, 0.15) is 17.9 Å². The van der Waals surface area contributed by atoms with Gasteiger partial charge in [-0.25, -0.2) is 0 Å². The highest BCUT2D eigenvalue weighted by Gasteiger charge is 2.15. The molecule has 146 valence electrons. The Bertz CT molecular complexity index is 925. The van der Waals surface area contributed by atoms with Crippen LogP contribution in [0.4, 0.5) is 0 Å². The van der Waals surface area contributed by atoms with Crippen LogP contribution in [0.3, 0.4) is 0 Å². The molecular weight excluding hydrogens is 374 g/mol. The molecule has 7 heteroatoms. The summed E-state index contributed by atoms with van der Waals surface area (Å²) < 4.78 is 10.5. The Morgan fingerprint density at radius 1 is 1.21 bits per heavy atom. The zero-order valence-electron chi connectivity index (χ0n) is 16.2. The first kappa shape index (κ1) is 19.9. The van der Waals surface area contributed by atoms with E-state index in [9.17, 15) is 4.79 Å². The third-order valence-electron chi connectivity index (χ3n) is 4.20. The predicted octanol–water partition coefficient (Wildman–Crippen LogP) is 4.19. The molecular formula is C21H23N3O3S. The molecule has 0 radical (unpaired) electrons. The van der Waals surface area contributed by atoms with Crippen molar-refractivity contribution in [1.29, 1.82) is 0 Å². The Labute approximate surface area is 168 Å². The standard InChI is InChI=1S/C21H23N3O3S/c1-15-7-9-18(10-8-15)28-12-11-20(25)24(2)14-19-22-21(23-27-19)16-5-4-6-17(13-16)26-3/h4-10,13H,11-12,14H2,1-3H3. The van der Waals surface area contributed by atoms with Crippen molar-refractivity contribution in [1.82, 2.24) is 15.0 Å². The van der Waals surface area contributed by atoms with Gasteiger partial charge in [0.05, 0.1) is 13.7 Å². The fourth-order valence-electron chi connectivity index (χ4n) is 2.57. The van der Waals surface area contributed by atoms with Crippen LogP contribution in [-0.2, 0) is 11.3 Å². The Balaban J connectivity index is 1.51. The number of amides is 1. The first-order chi connectivity index (χ1) is 13.5. The van der Waals surface area contributed by atoms with Crippen molar-refractivity contribution >= 4 is 17.7 Å². The van der Waals surface area contributed by atoms with Crippen LogP contribution in [-0.4, -0.2) is 40.9 Å². The maximum atomic E-state index is 12.4. The number of nitrogens with zero attached hydrogens (tertiary/aromatic N) is 3. The first-order valence-electron chi connectivity index (χ1n) is 8.95. The molecule has 0 bridgehead atoms. The van der Waals surface area contributed by atoms with Gasteiger partial charge in [-0.05, 0) is 31.2 Å². The molecule has 2 aromatic carbocycles. The summed E-state index contributed by atoms with van der Waals surface area (Å²) in [5.41, 5.74) is 2.03. The topological polar surface area (TPSA) is 68.5 Å².